The van der Waals surface area contributed by atoms with Crippen LogP contribution in [0.25, 0.3) is 0 Å². The molecule has 6 nitrogen and oxygen atoms in total. The predicted octanol–water partition coefficient (Wildman–Crippen LogP) is 1.08. The quantitative estimate of drug-likeness (QED) is 0.908. The molecular weight excluding hydrogens is 282 g/mol. The summed E-state index contributed by atoms with van der Waals surface area (Å²) in [6.45, 7) is 4.38. The third kappa shape index (κ3) is 2.78. The number of benzene rings is 1. The lowest BCUT2D eigenvalue weighted by atomic mass is 10.1. The summed E-state index contributed by atoms with van der Waals surface area (Å²) in [5, 5.41) is 3.24. The molecule has 2 heterocycles. The van der Waals surface area contributed by atoms with E-state index >= 15 is 0 Å². The summed E-state index contributed by atoms with van der Waals surface area (Å²) in [5.41, 5.74) is 1.68. The first kappa shape index (κ1) is 14.8. The maximum atomic E-state index is 12.6. The minimum absolute atomic E-state index is 0.0248. The number of hydrogen-bond acceptors (Lipinski definition) is 4. The van der Waals surface area contributed by atoms with Crippen LogP contribution in [-0.2, 0) is 14.3 Å². The van der Waals surface area contributed by atoms with E-state index in [4.69, 9.17) is 4.74 Å². The largest absolute Gasteiger partial charge is 0.378 e. The van der Waals surface area contributed by atoms with Crippen molar-refractivity contribution in [1.29, 1.82) is 0 Å². The van der Waals surface area contributed by atoms with Crippen molar-refractivity contribution in [2.75, 3.05) is 43.1 Å². The van der Waals surface area contributed by atoms with Gasteiger partial charge in [-0.1, -0.05) is 19.1 Å². The van der Waals surface area contributed by atoms with E-state index in [1.165, 1.54) is 0 Å². The van der Waals surface area contributed by atoms with Crippen LogP contribution in [0.1, 0.15) is 13.3 Å². The van der Waals surface area contributed by atoms with Crippen LogP contribution in [-0.4, -0.2) is 55.6 Å². The van der Waals surface area contributed by atoms with Gasteiger partial charge >= 0.3 is 0 Å². The zero-order chi connectivity index (χ0) is 15.5. The van der Waals surface area contributed by atoms with Crippen LogP contribution in [0.5, 0.6) is 0 Å². The fourth-order valence-corrected chi connectivity index (χ4v) is 2.88. The highest BCUT2D eigenvalue weighted by molar-refractivity contribution is 6.07. The number of rotatable bonds is 3. The number of anilines is 2. The van der Waals surface area contributed by atoms with Gasteiger partial charge in [0.25, 0.3) is 0 Å². The summed E-state index contributed by atoms with van der Waals surface area (Å²) < 4.78 is 5.27. The molecule has 0 aromatic heterocycles. The topological polar surface area (TPSA) is 61.9 Å². The van der Waals surface area contributed by atoms with E-state index < -0.39 is 0 Å². The van der Waals surface area contributed by atoms with Gasteiger partial charge < -0.3 is 15.0 Å². The van der Waals surface area contributed by atoms with Crippen LogP contribution >= 0.6 is 0 Å². The monoisotopic (exact) mass is 303 g/mol. The number of morpholine rings is 1. The van der Waals surface area contributed by atoms with E-state index in [1.807, 2.05) is 31.2 Å². The van der Waals surface area contributed by atoms with Gasteiger partial charge in [0, 0.05) is 13.1 Å². The Morgan fingerprint density at radius 2 is 2.05 bits per heavy atom. The standard InChI is InChI=1S/C16H21N3O3/c1-2-12-16(21)19(14-6-4-3-5-13(14)17-12)11-15(20)18-7-9-22-10-8-18/h3-6,12,17H,2,7-11H2,1H3. The van der Waals surface area contributed by atoms with Crippen LogP contribution in [0.3, 0.4) is 0 Å². The highest BCUT2D eigenvalue weighted by Crippen LogP contribution is 2.31. The molecule has 0 saturated carbocycles. The van der Waals surface area contributed by atoms with E-state index in [1.54, 1.807) is 9.80 Å². The first-order chi connectivity index (χ1) is 10.7. The molecule has 0 spiro atoms. The fourth-order valence-electron chi connectivity index (χ4n) is 2.88. The fraction of sp³-hybridized carbons (Fsp3) is 0.500. The molecule has 1 aromatic rings. The van der Waals surface area contributed by atoms with Gasteiger partial charge in [-0.05, 0) is 18.6 Å². The molecule has 2 aliphatic rings. The Bertz CT molecular complexity index is 570. The first-order valence-electron chi connectivity index (χ1n) is 7.73. The van der Waals surface area contributed by atoms with Crippen molar-refractivity contribution < 1.29 is 14.3 Å². The van der Waals surface area contributed by atoms with E-state index in [9.17, 15) is 9.59 Å². The zero-order valence-corrected chi connectivity index (χ0v) is 12.7. The van der Waals surface area contributed by atoms with Gasteiger partial charge in [0.15, 0.2) is 0 Å². The molecule has 0 aliphatic carbocycles. The third-order valence-corrected chi connectivity index (χ3v) is 4.15. The summed E-state index contributed by atoms with van der Waals surface area (Å²) in [7, 11) is 0. The van der Waals surface area contributed by atoms with Crippen LogP contribution in [0.15, 0.2) is 24.3 Å². The Kier molecular flexibility index (Phi) is 4.29. The van der Waals surface area contributed by atoms with Gasteiger partial charge in [-0.3, -0.25) is 14.5 Å². The van der Waals surface area contributed by atoms with Gasteiger partial charge in [0.1, 0.15) is 12.6 Å². The van der Waals surface area contributed by atoms with Gasteiger partial charge in [-0.15, -0.1) is 0 Å². The molecule has 2 amide bonds. The van der Waals surface area contributed by atoms with Crippen molar-refractivity contribution in [2.24, 2.45) is 0 Å². The summed E-state index contributed by atoms with van der Waals surface area (Å²) in [4.78, 5) is 28.5. The number of ether oxygens (including phenoxy) is 1. The number of carbonyl (C=O) groups is 2. The van der Waals surface area contributed by atoms with Crippen molar-refractivity contribution in [3.05, 3.63) is 24.3 Å². The van der Waals surface area contributed by atoms with E-state index in [0.717, 1.165) is 11.4 Å². The van der Waals surface area contributed by atoms with Crippen molar-refractivity contribution >= 4 is 23.2 Å². The summed E-state index contributed by atoms with van der Waals surface area (Å²) >= 11 is 0. The lowest BCUT2D eigenvalue weighted by Crippen LogP contribution is -2.52. The number of nitrogens with one attached hydrogen (secondary N) is 1. The van der Waals surface area contributed by atoms with E-state index in [2.05, 4.69) is 5.32 Å². The van der Waals surface area contributed by atoms with Crippen LogP contribution in [0, 0.1) is 0 Å². The molecule has 1 N–H and O–H groups in total. The van der Waals surface area contributed by atoms with Gasteiger partial charge in [-0.25, -0.2) is 0 Å². The Morgan fingerprint density at radius 1 is 1.32 bits per heavy atom. The van der Waals surface area contributed by atoms with Crippen LogP contribution in [0.2, 0.25) is 0 Å². The zero-order valence-electron chi connectivity index (χ0n) is 12.7. The number of amides is 2. The summed E-state index contributed by atoms with van der Waals surface area (Å²) in [6, 6.07) is 7.35. The molecular formula is C16H21N3O3. The normalized spacial score (nSPS) is 21.3. The number of hydrogen-bond donors (Lipinski definition) is 1. The van der Waals surface area contributed by atoms with Crippen molar-refractivity contribution in [2.45, 2.75) is 19.4 Å². The molecule has 6 heteroatoms. The molecule has 0 bridgehead atoms. The molecule has 1 aromatic carbocycles. The second kappa shape index (κ2) is 6.36. The average molecular weight is 303 g/mol. The average Bonchev–Trinajstić information content (AvgIpc) is 2.57. The molecule has 3 rings (SSSR count). The number of carbonyl (C=O) groups excluding carboxylic acids is 2. The van der Waals surface area contributed by atoms with E-state index in [-0.39, 0.29) is 24.4 Å². The Morgan fingerprint density at radius 3 is 2.77 bits per heavy atom. The predicted molar refractivity (Wildman–Crippen MR) is 83.9 cm³/mol. The molecule has 1 unspecified atom stereocenters. The second-order valence-corrected chi connectivity index (χ2v) is 5.54. The van der Waals surface area contributed by atoms with Gasteiger partial charge in [-0.2, -0.15) is 0 Å². The van der Waals surface area contributed by atoms with Crippen molar-refractivity contribution in [1.82, 2.24) is 4.90 Å². The molecule has 2 aliphatic heterocycles. The summed E-state index contributed by atoms with van der Waals surface area (Å²) in [5.74, 6) is -0.0639. The molecule has 118 valence electrons. The maximum absolute atomic E-state index is 12.6. The molecule has 1 saturated heterocycles. The minimum Gasteiger partial charge on any atom is -0.378 e. The van der Waals surface area contributed by atoms with Crippen molar-refractivity contribution in [3.8, 4) is 0 Å². The minimum atomic E-state index is -0.271. The Labute approximate surface area is 130 Å². The number of nitrogens with zero attached hydrogens (tertiary/aromatic N) is 2. The highest BCUT2D eigenvalue weighted by atomic mass is 16.5. The maximum Gasteiger partial charge on any atom is 0.250 e. The van der Waals surface area contributed by atoms with Crippen LogP contribution in [0.4, 0.5) is 11.4 Å². The second-order valence-electron chi connectivity index (χ2n) is 5.54. The number of fused-ring (bicyclic) bond motifs is 1. The van der Waals surface area contributed by atoms with Crippen molar-refractivity contribution in [3.63, 3.8) is 0 Å². The third-order valence-electron chi connectivity index (χ3n) is 4.15. The Balaban J connectivity index is 1.81. The molecule has 1 fully saturated rings. The lowest BCUT2D eigenvalue weighted by molar-refractivity contribution is -0.135. The first-order valence-corrected chi connectivity index (χ1v) is 7.73. The molecule has 1 atom stereocenters. The number of para-hydroxylation sites is 2. The smallest absolute Gasteiger partial charge is 0.250 e. The Hall–Kier alpha value is -2.08. The lowest BCUT2D eigenvalue weighted by Gasteiger charge is -2.36. The highest BCUT2D eigenvalue weighted by Gasteiger charge is 2.33. The van der Waals surface area contributed by atoms with E-state index in [0.29, 0.717) is 32.7 Å². The van der Waals surface area contributed by atoms with Gasteiger partial charge in [0.05, 0.1) is 24.6 Å². The van der Waals surface area contributed by atoms with Crippen LogP contribution < -0.4 is 10.2 Å². The van der Waals surface area contributed by atoms with Gasteiger partial charge in [0.2, 0.25) is 11.8 Å². The SMILES string of the molecule is CCC1Nc2ccccc2N(CC(=O)N2CCOCC2)C1=O. The molecule has 0 radical (unpaired) electrons. The molecule has 22 heavy (non-hydrogen) atoms. The summed E-state index contributed by atoms with van der Waals surface area (Å²) in [6.07, 6.45) is 0.690.